The molecular formula is C23H22Cl3N3O2S. The van der Waals surface area contributed by atoms with E-state index in [1.54, 1.807) is 18.2 Å². The van der Waals surface area contributed by atoms with Crippen LogP contribution in [0.3, 0.4) is 0 Å². The van der Waals surface area contributed by atoms with E-state index in [0.717, 1.165) is 35.3 Å². The Bertz CT molecular complexity index is 1170. The number of piperazine rings is 1. The number of halogens is 3. The average molecular weight is 511 g/mol. The molecule has 2 amide bonds. The van der Waals surface area contributed by atoms with Gasteiger partial charge in [-0.25, -0.2) is 0 Å². The molecule has 1 fully saturated rings. The van der Waals surface area contributed by atoms with Gasteiger partial charge in [-0.1, -0.05) is 47.8 Å². The lowest BCUT2D eigenvalue weighted by atomic mass is 10.2. The quantitative estimate of drug-likeness (QED) is 0.423. The maximum Gasteiger partial charge on any atom is 0.267 e. The van der Waals surface area contributed by atoms with Crippen LogP contribution in [0.5, 0.6) is 0 Å². The third kappa shape index (κ3) is 4.84. The summed E-state index contributed by atoms with van der Waals surface area (Å²) >= 11 is 20.3. The molecule has 168 valence electrons. The van der Waals surface area contributed by atoms with Crippen LogP contribution >= 0.6 is 46.1 Å². The van der Waals surface area contributed by atoms with Crippen LogP contribution in [0.4, 0.5) is 11.4 Å². The van der Waals surface area contributed by atoms with Gasteiger partial charge >= 0.3 is 0 Å². The summed E-state index contributed by atoms with van der Waals surface area (Å²) in [6.45, 7) is 4.82. The van der Waals surface area contributed by atoms with Gasteiger partial charge in [-0.15, -0.1) is 11.3 Å². The fourth-order valence-electron chi connectivity index (χ4n) is 3.78. The molecular weight excluding hydrogens is 489 g/mol. The summed E-state index contributed by atoms with van der Waals surface area (Å²) in [6, 6.07) is 10.8. The number of thiophene rings is 1. The standard InChI is InChI=1S/C23H22Cl3N3O2S/c1-2-3-20(30)29-10-8-28(9-11-29)18-7-5-15(13-17(18)25)27-23(31)22-21(26)16-6-4-14(24)12-19(16)32-22/h4-7,12-13H,2-3,8-11H2,1H3,(H,27,31). The number of hydrogen-bond donors (Lipinski definition) is 1. The Morgan fingerprint density at radius 2 is 1.78 bits per heavy atom. The Kier molecular flexibility index (Phi) is 7.15. The van der Waals surface area contributed by atoms with Gasteiger partial charge in [0.15, 0.2) is 0 Å². The first-order valence-electron chi connectivity index (χ1n) is 10.4. The second-order valence-corrected chi connectivity index (χ2v) is 9.90. The molecule has 0 unspecified atom stereocenters. The molecule has 5 nitrogen and oxygen atoms in total. The van der Waals surface area contributed by atoms with Gasteiger partial charge in [-0.05, 0) is 36.8 Å². The highest BCUT2D eigenvalue weighted by atomic mass is 35.5. The number of amides is 2. The largest absolute Gasteiger partial charge is 0.367 e. The molecule has 4 rings (SSSR count). The highest BCUT2D eigenvalue weighted by Crippen LogP contribution is 2.37. The number of benzene rings is 2. The molecule has 3 aromatic rings. The Morgan fingerprint density at radius 3 is 2.47 bits per heavy atom. The normalized spacial score (nSPS) is 14.1. The van der Waals surface area contributed by atoms with Crippen molar-refractivity contribution in [1.29, 1.82) is 0 Å². The number of anilines is 2. The van der Waals surface area contributed by atoms with E-state index in [9.17, 15) is 9.59 Å². The van der Waals surface area contributed by atoms with Crippen LogP contribution in [0.15, 0.2) is 36.4 Å². The van der Waals surface area contributed by atoms with Crippen LogP contribution in [-0.4, -0.2) is 42.9 Å². The molecule has 0 bridgehead atoms. The lowest BCUT2D eigenvalue weighted by Gasteiger charge is -2.36. The van der Waals surface area contributed by atoms with E-state index in [-0.39, 0.29) is 11.8 Å². The molecule has 0 atom stereocenters. The van der Waals surface area contributed by atoms with E-state index < -0.39 is 0 Å². The van der Waals surface area contributed by atoms with Crippen molar-refractivity contribution in [3.63, 3.8) is 0 Å². The number of nitrogens with one attached hydrogen (secondary N) is 1. The van der Waals surface area contributed by atoms with Crippen molar-refractivity contribution >= 4 is 79.4 Å². The third-order valence-electron chi connectivity index (χ3n) is 5.44. The monoisotopic (exact) mass is 509 g/mol. The Labute approximate surface area is 205 Å². The van der Waals surface area contributed by atoms with E-state index in [1.165, 1.54) is 11.3 Å². The molecule has 1 saturated heterocycles. The summed E-state index contributed by atoms with van der Waals surface area (Å²) in [5.74, 6) is -0.0855. The molecule has 1 aliphatic rings. The number of fused-ring (bicyclic) bond motifs is 1. The van der Waals surface area contributed by atoms with Gasteiger partial charge in [0, 0.05) is 53.4 Å². The lowest BCUT2D eigenvalue weighted by Crippen LogP contribution is -2.48. The van der Waals surface area contributed by atoms with Crippen LogP contribution in [0.1, 0.15) is 29.4 Å². The second-order valence-electron chi connectivity index (χ2n) is 7.62. The first kappa shape index (κ1) is 23.2. The van der Waals surface area contributed by atoms with Crippen molar-refractivity contribution in [2.75, 3.05) is 36.4 Å². The van der Waals surface area contributed by atoms with Crippen LogP contribution in [0.25, 0.3) is 10.1 Å². The first-order chi connectivity index (χ1) is 15.4. The highest BCUT2D eigenvalue weighted by Gasteiger charge is 2.22. The van der Waals surface area contributed by atoms with Gasteiger partial charge < -0.3 is 15.1 Å². The molecule has 1 aliphatic heterocycles. The predicted octanol–water partition coefficient (Wildman–Crippen LogP) is 6.56. The third-order valence-corrected chi connectivity index (χ3v) is 7.63. The van der Waals surface area contributed by atoms with E-state index in [0.29, 0.717) is 45.1 Å². The molecule has 2 heterocycles. The Hall–Kier alpha value is -1.99. The van der Waals surface area contributed by atoms with Crippen LogP contribution < -0.4 is 10.2 Å². The number of hydrogen-bond acceptors (Lipinski definition) is 4. The summed E-state index contributed by atoms with van der Waals surface area (Å²) < 4.78 is 0.859. The minimum atomic E-state index is -0.292. The zero-order valence-electron chi connectivity index (χ0n) is 17.5. The van der Waals surface area contributed by atoms with Crippen LogP contribution in [0.2, 0.25) is 15.1 Å². The van der Waals surface area contributed by atoms with Gasteiger partial charge in [0.2, 0.25) is 5.91 Å². The van der Waals surface area contributed by atoms with Crippen LogP contribution in [0, 0.1) is 0 Å². The predicted molar refractivity (Wildman–Crippen MR) is 135 cm³/mol. The van der Waals surface area contributed by atoms with Crippen LogP contribution in [-0.2, 0) is 4.79 Å². The summed E-state index contributed by atoms with van der Waals surface area (Å²) in [5, 5.41) is 5.24. The second kappa shape index (κ2) is 9.87. The zero-order chi connectivity index (χ0) is 22.8. The molecule has 0 radical (unpaired) electrons. The molecule has 9 heteroatoms. The molecule has 2 aromatic carbocycles. The minimum Gasteiger partial charge on any atom is -0.367 e. The van der Waals surface area contributed by atoms with E-state index >= 15 is 0 Å². The van der Waals surface area contributed by atoms with Gasteiger partial charge in [-0.2, -0.15) is 0 Å². The Balaban J connectivity index is 1.44. The SMILES string of the molecule is CCCC(=O)N1CCN(c2ccc(NC(=O)c3sc4cc(Cl)ccc4c3Cl)cc2Cl)CC1. The molecule has 0 saturated carbocycles. The summed E-state index contributed by atoms with van der Waals surface area (Å²) in [5.41, 5.74) is 1.48. The highest BCUT2D eigenvalue weighted by molar-refractivity contribution is 7.21. The smallest absolute Gasteiger partial charge is 0.267 e. The molecule has 1 aromatic heterocycles. The van der Waals surface area contributed by atoms with Crippen molar-refractivity contribution < 1.29 is 9.59 Å². The minimum absolute atomic E-state index is 0.207. The van der Waals surface area contributed by atoms with Gasteiger partial charge in [0.05, 0.1) is 15.7 Å². The number of rotatable bonds is 5. The lowest BCUT2D eigenvalue weighted by molar-refractivity contribution is -0.131. The Morgan fingerprint density at radius 1 is 1.03 bits per heavy atom. The van der Waals surface area contributed by atoms with Crippen molar-refractivity contribution in [3.8, 4) is 0 Å². The number of carbonyl (C=O) groups excluding carboxylic acids is 2. The summed E-state index contributed by atoms with van der Waals surface area (Å²) in [7, 11) is 0. The fourth-order valence-corrected chi connectivity index (χ4v) is 5.77. The first-order valence-corrected chi connectivity index (χ1v) is 12.3. The molecule has 1 N–H and O–H groups in total. The van der Waals surface area contributed by atoms with Gasteiger partial charge in [0.1, 0.15) is 4.88 Å². The average Bonchev–Trinajstić information content (AvgIpc) is 3.10. The van der Waals surface area contributed by atoms with Gasteiger partial charge in [-0.3, -0.25) is 9.59 Å². The maximum absolute atomic E-state index is 12.8. The van der Waals surface area contributed by atoms with Crippen molar-refractivity contribution in [2.24, 2.45) is 0 Å². The number of carbonyl (C=O) groups is 2. The molecule has 0 spiro atoms. The fraction of sp³-hybridized carbons (Fsp3) is 0.304. The van der Waals surface area contributed by atoms with E-state index in [1.807, 2.05) is 30.0 Å². The molecule has 32 heavy (non-hydrogen) atoms. The van der Waals surface area contributed by atoms with Crippen molar-refractivity contribution in [2.45, 2.75) is 19.8 Å². The van der Waals surface area contributed by atoms with Crippen molar-refractivity contribution in [1.82, 2.24) is 4.90 Å². The van der Waals surface area contributed by atoms with Gasteiger partial charge in [0.25, 0.3) is 5.91 Å². The number of nitrogens with zero attached hydrogens (tertiary/aromatic N) is 2. The van der Waals surface area contributed by atoms with E-state index in [4.69, 9.17) is 34.8 Å². The summed E-state index contributed by atoms with van der Waals surface area (Å²) in [4.78, 5) is 29.4. The topological polar surface area (TPSA) is 52.7 Å². The van der Waals surface area contributed by atoms with E-state index in [2.05, 4.69) is 10.2 Å². The van der Waals surface area contributed by atoms with Crippen molar-refractivity contribution in [3.05, 3.63) is 56.3 Å². The summed E-state index contributed by atoms with van der Waals surface area (Å²) in [6.07, 6.45) is 1.45. The molecule has 0 aliphatic carbocycles. The maximum atomic E-state index is 12.8. The zero-order valence-corrected chi connectivity index (χ0v) is 20.5.